The molecule has 0 aliphatic rings. The summed E-state index contributed by atoms with van der Waals surface area (Å²) in [6, 6.07) is -0.0771. The maximum absolute atomic E-state index is 11.0. The van der Waals surface area contributed by atoms with E-state index in [2.05, 4.69) is 5.32 Å². The molecule has 0 aliphatic carbocycles. The van der Waals surface area contributed by atoms with E-state index in [1.54, 1.807) is 6.92 Å². The molecule has 1 unspecified atom stereocenters. The molecule has 0 heterocycles. The van der Waals surface area contributed by atoms with Crippen LogP contribution in [0.5, 0.6) is 0 Å². The van der Waals surface area contributed by atoms with Gasteiger partial charge in [-0.1, -0.05) is 0 Å². The maximum Gasteiger partial charge on any atom is 0.235 e. The van der Waals surface area contributed by atoms with Gasteiger partial charge in [0.15, 0.2) is 9.84 Å². The number of amides is 1. The third-order valence-corrected chi connectivity index (χ3v) is 2.35. The molecule has 13 heavy (non-hydrogen) atoms. The van der Waals surface area contributed by atoms with Crippen LogP contribution in [0.4, 0.5) is 0 Å². The zero-order chi connectivity index (χ0) is 10.5. The maximum atomic E-state index is 11.0. The van der Waals surface area contributed by atoms with Crippen LogP contribution in [0.2, 0.25) is 0 Å². The minimum atomic E-state index is -3.23. The molecule has 0 rings (SSSR count). The van der Waals surface area contributed by atoms with E-state index in [-0.39, 0.29) is 6.04 Å². The van der Waals surface area contributed by atoms with Crippen molar-refractivity contribution in [2.45, 2.75) is 19.4 Å². The number of nitrogens with one attached hydrogen (secondary N) is 1. The van der Waals surface area contributed by atoms with Gasteiger partial charge in [0.05, 0.1) is 0 Å². The molecular weight excluding hydrogens is 214 g/mol. The second-order valence-electron chi connectivity index (χ2n) is 3.02. The SMILES string of the molecule is CC(CCCl)NC(=O)CS(C)(=O)=O. The van der Waals surface area contributed by atoms with Crippen LogP contribution in [0.25, 0.3) is 0 Å². The lowest BCUT2D eigenvalue weighted by Crippen LogP contribution is -2.36. The Morgan fingerprint density at radius 3 is 2.46 bits per heavy atom. The van der Waals surface area contributed by atoms with E-state index >= 15 is 0 Å². The highest BCUT2D eigenvalue weighted by Crippen LogP contribution is 1.93. The smallest absolute Gasteiger partial charge is 0.235 e. The first-order valence-electron chi connectivity index (χ1n) is 3.88. The van der Waals surface area contributed by atoms with Crippen molar-refractivity contribution >= 4 is 27.3 Å². The molecule has 1 atom stereocenters. The van der Waals surface area contributed by atoms with Crippen molar-refractivity contribution in [1.29, 1.82) is 0 Å². The first-order valence-corrected chi connectivity index (χ1v) is 6.47. The van der Waals surface area contributed by atoms with Crippen molar-refractivity contribution < 1.29 is 13.2 Å². The van der Waals surface area contributed by atoms with Gasteiger partial charge < -0.3 is 5.32 Å². The summed E-state index contributed by atoms with van der Waals surface area (Å²) in [5.74, 6) is -0.486. The molecule has 0 saturated carbocycles. The van der Waals surface area contributed by atoms with E-state index in [1.807, 2.05) is 0 Å². The lowest BCUT2D eigenvalue weighted by atomic mass is 10.2. The number of hydrogen-bond donors (Lipinski definition) is 1. The Morgan fingerprint density at radius 1 is 1.54 bits per heavy atom. The molecule has 0 radical (unpaired) electrons. The van der Waals surface area contributed by atoms with Gasteiger partial charge in [-0.05, 0) is 13.3 Å². The largest absolute Gasteiger partial charge is 0.353 e. The van der Waals surface area contributed by atoms with Crippen molar-refractivity contribution in [3.63, 3.8) is 0 Å². The second kappa shape index (κ2) is 5.44. The van der Waals surface area contributed by atoms with Crippen molar-refractivity contribution in [2.75, 3.05) is 17.9 Å². The van der Waals surface area contributed by atoms with Crippen LogP contribution in [-0.4, -0.2) is 38.3 Å². The van der Waals surface area contributed by atoms with Crippen LogP contribution >= 0.6 is 11.6 Å². The quantitative estimate of drug-likeness (QED) is 0.681. The summed E-state index contributed by atoms with van der Waals surface area (Å²) in [7, 11) is -3.23. The highest BCUT2D eigenvalue weighted by molar-refractivity contribution is 7.91. The summed E-state index contributed by atoms with van der Waals surface area (Å²) < 4.78 is 21.4. The molecule has 78 valence electrons. The average Bonchev–Trinajstić information content (AvgIpc) is 1.81. The van der Waals surface area contributed by atoms with Gasteiger partial charge in [-0.3, -0.25) is 4.79 Å². The third-order valence-electron chi connectivity index (χ3n) is 1.34. The number of sulfone groups is 1. The van der Waals surface area contributed by atoms with E-state index in [1.165, 1.54) is 0 Å². The number of alkyl halides is 1. The Bertz CT molecular complexity index is 263. The summed E-state index contributed by atoms with van der Waals surface area (Å²) in [4.78, 5) is 11.0. The molecule has 0 aromatic rings. The van der Waals surface area contributed by atoms with Crippen LogP contribution in [0.1, 0.15) is 13.3 Å². The number of carbonyl (C=O) groups excluding carboxylic acids is 1. The normalized spacial score (nSPS) is 13.8. The Balaban J connectivity index is 3.88. The van der Waals surface area contributed by atoms with E-state index in [0.717, 1.165) is 6.26 Å². The van der Waals surface area contributed by atoms with Gasteiger partial charge in [0.2, 0.25) is 5.91 Å². The van der Waals surface area contributed by atoms with Gasteiger partial charge in [0, 0.05) is 18.2 Å². The Morgan fingerprint density at radius 2 is 2.08 bits per heavy atom. The van der Waals surface area contributed by atoms with E-state index < -0.39 is 21.5 Å². The number of hydrogen-bond acceptors (Lipinski definition) is 3. The van der Waals surface area contributed by atoms with Gasteiger partial charge in [-0.2, -0.15) is 0 Å². The molecule has 4 nitrogen and oxygen atoms in total. The predicted molar refractivity (Wildman–Crippen MR) is 52.7 cm³/mol. The highest BCUT2D eigenvalue weighted by Gasteiger charge is 2.12. The lowest BCUT2D eigenvalue weighted by molar-refractivity contribution is -0.119. The minimum absolute atomic E-state index is 0.0771. The van der Waals surface area contributed by atoms with Crippen molar-refractivity contribution in [1.82, 2.24) is 5.32 Å². The molecule has 0 saturated heterocycles. The molecule has 0 aliphatic heterocycles. The van der Waals surface area contributed by atoms with Crippen molar-refractivity contribution in [3.8, 4) is 0 Å². The summed E-state index contributed by atoms with van der Waals surface area (Å²) >= 11 is 5.44. The standard InChI is InChI=1S/C7H14ClNO3S/c1-6(3-4-8)9-7(10)5-13(2,11)12/h6H,3-5H2,1-2H3,(H,9,10). The predicted octanol–water partition coefficient (Wildman–Crippen LogP) is 0.165. The number of halogens is 1. The van der Waals surface area contributed by atoms with E-state index in [0.29, 0.717) is 12.3 Å². The molecular formula is C7H14ClNO3S. The fraction of sp³-hybridized carbons (Fsp3) is 0.857. The van der Waals surface area contributed by atoms with Gasteiger partial charge in [0.1, 0.15) is 5.75 Å². The van der Waals surface area contributed by atoms with E-state index in [9.17, 15) is 13.2 Å². The zero-order valence-electron chi connectivity index (χ0n) is 7.71. The lowest BCUT2D eigenvalue weighted by Gasteiger charge is -2.11. The minimum Gasteiger partial charge on any atom is -0.353 e. The second-order valence-corrected chi connectivity index (χ2v) is 5.53. The molecule has 0 bridgehead atoms. The molecule has 1 amide bonds. The highest BCUT2D eigenvalue weighted by atomic mass is 35.5. The molecule has 0 aromatic carbocycles. The molecule has 6 heteroatoms. The molecule has 1 N–H and O–H groups in total. The summed E-state index contributed by atoms with van der Waals surface area (Å²) in [5.41, 5.74) is 0. The van der Waals surface area contributed by atoms with Gasteiger partial charge in [-0.15, -0.1) is 11.6 Å². The van der Waals surface area contributed by atoms with Crippen LogP contribution < -0.4 is 5.32 Å². The topological polar surface area (TPSA) is 63.2 Å². The van der Waals surface area contributed by atoms with Gasteiger partial charge in [0.25, 0.3) is 0 Å². The van der Waals surface area contributed by atoms with Crippen LogP contribution in [0.3, 0.4) is 0 Å². The number of carbonyl (C=O) groups is 1. The van der Waals surface area contributed by atoms with Crippen LogP contribution in [0.15, 0.2) is 0 Å². The number of rotatable bonds is 5. The van der Waals surface area contributed by atoms with Gasteiger partial charge in [-0.25, -0.2) is 8.42 Å². The average molecular weight is 228 g/mol. The van der Waals surface area contributed by atoms with Crippen molar-refractivity contribution in [3.05, 3.63) is 0 Å². The monoisotopic (exact) mass is 227 g/mol. The fourth-order valence-electron chi connectivity index (χ4n) is 0.790. The van der Waals surface area contributed by atoms with Gasteiger partial charge >= 0.3 is 0 Å². The first kappa shape index (κ1) is 12.7. The first-order chi connectivity index (χ1) is 5.85. The molecule has 0 aromatic heterocycles. The Labute approximate surface area is 83.6 Å². The molecule has 0 spiro atoms. The zero-order valence-corrected chi connectivity index (χ0v) is 9.28. The van der Waals surface area contributed by atoms with Crippen molar-refractivity contribution in [2.24, 2.45) is 0 Å². The molecule has 0 fully saturated rings. The summed E-state index contributed by atoms with van der Waals surface area (Å²) in [6.45, 7) is 1.78. The summed E-state index contributed by atoms with van der Waals surface area (Å²) in [6.07, 6.45) is 1.66. The third kappa shape index (κ3) is 8.05. The Hall–Kier alpha value is -0.290. The summed E-state index contributed by atoms with van der Waals surface area (Å²) in [5, 5.41) is 2.53. The van der Waals surface area contributed by atoms with Crippen LogP contribution in [-0.2, 0) is 14.6 Å². The fourth-order valence-corrected chi connectivity index (χ4v) is 1.68. The Kier molecular flexibility index (Phi) is 5.32. The van der Waals surface area contributed by atoms with Crippen LogP contribution in [0, 0.1) is 0 Å². The van der Waals surface area contributed by atoms with E-state index in [4.69, 9.17) is 11.6 Å².